The summed E-state index contributed by atoms with van der Waals surface area (Å²) in [5, 5.41) is 3.56. The topological polar surface area (TPSA) is 38.0 Å². The lowest BCUT2D eigenvalue weighted by molar-refractivity contribution is 0.529. The molecule has 0 aromatic heterocycles. The molecule has 0 amide bonds. The quantitative estimate of drug-likeness (QED) is 0.285. The van der Waals surface area contributed by atoms with Crippen LogP contribution in [0.5, 0.6) is 0 Å². The van der Waals surface area contributed by atoms with Crippen molar-refractivity contribution >= 4 is 0 Å². The Morgan fingerprint density at radius 1 is 0.654 bits per heavy atom. The molecule has 0 fully saturated rings. The highest BCUT2D eigenvalue weighted by molar-refractivity contribution is 5.26. The van der Waals surface area contributed by atoms with Gasteiger partial charge in [-0.15, -0.1) is 0 Å². The highest BCUT2D eigenvalue weighted by Gasteiger charge is 1.99. The number of hydrogen-bond donors (Lipinski definition) is 2. The van der Waals surface area contributed by atoms with Gasteiger partial charge in [-0.05, 0) is 24.1 Å². The fourth-order valence-electron chi connectivity index (χ4n) is 3.60. The lowest BCUT2D eigenvalue weighted by Crippen LogP contribution is -2.16. The molecule has 0 atom stereocenters. The van der Waals surface area contributed by atoms with Crippen molar-refractivity contribution in [3.63, 3.8) is 0 Å². The van der Waals surface area contributed by atoms with Crippen LogP contribution in [-0.4, -0.2) is 6.54 Å². The first-order chi connectivity index (χ1) is 12.9. The Hall–Kier alpha value is -0.860. The number of rotatable bonds is 18. The average molecular weight is 361 g/mol. The highest BCUT2D eigenvalue weighted by Crippen LogP contribution is 2.13. The lowest BCUT2D eigenvalue weighted by Gasteiger charge is -2.09. The Balaban J connectivity index is 1.80. The summed E-state index contributed by atoms with van der Waals surface area (Å²) in [6.45, 7) is 5.00. The minimum absolute atomic E-state index is 0.636. The van der Waals surface area contributed by atoms with Crippen molar-refractivity contribution in [1.29, 1.82) is 0 Å². The molecule has 150 valence electrons. The smallest absolute Gasteiger partial charge is 0.0208 e. The molecule has 2 nitrogen and oxygen atoms in total. The Morgan fingerprint density at radius 3 is 1.62 bits per heavy atom. The molecule has 0 aliphatic rings. The van der Waals surface area contributed by atoms with Crippen molar-refractivity contribution in [3.8, 4) is 0 Å². The molecule has 0 heterocycles. The molecule has 1 aromatic rings. The van der Waals surface area contributed by atoms with E-state index >= 15 is 0 Å². The molecule has 3 N–H and O–H groups in total. The van der Waals surface area contributed by atoms with Crippen LogP contribution < -0.4 is 11.1 Å². The predicted molar refractivity (Wildman–Crippen MR) is 116 cm³/mol. The van der Waals surface area contributed by atoms with E-state index in [1.165, 1.54) is 101 Å². The minimum atomic E-state index is 0.636. The highest BCUT2D eigenvalue weighted by atomic mass is 14.8. The summed E-state index contributed by atoms with van der Waals surface area (Å²) in [4.78, 5) is 0. The average Bonchev–Trinajstić information content (AvgIpc) is 2.68. The molecule has 2 heteroatoms. The SMILES string of the molecule is CCCCCCCCCCCCCCCCNCc1ccccc1CN. The van der Waals surface area contributed by atoms with Gasteiger partial charge in [-0.3, -0.25) is 0 Å². The summed E-state index contributed by atoms with van der Waals surface area (Å²) in [5.74, 6) is 0. The molecule has 0 radical (unpaired) electrons. The van der Waals surface area contributed by atoms with Gasteiger partial charge in [-0.2, -0.15) is 0 Å². The fraction of sp³-hybridized carbons (Fsp3) is 0.750. The molecule has 1 aromatic carbocycles. The Kier molecular flexibility index (Phi) is 15.6. The molecule has 26 heavy (non-hydrogen) atoms. The van der Waals surface area contributed by atoms with E-state index in [9.17, 15) is 0 Å². The summed E-state index contributed by atoms with van der Waals surface area (Å²) >= 11 is 0. The molecular formula is C24H44N2. The molecule has 0 saturated heterocycles. The number of hydrogen-bond acceptors (Lipinski definition) is 2. The second-order valence-corrected chi connectivity index (χ2v) is 7.75. The summed E-state index contributed by atoms with van der Waals surface area (Å²) in [6.07, 6.45) is 19.9. The first-order valence-electron chi connectivity index (χ1n) is 11.4. The Bertz CT molecular complexity index is 416. The van der Waals surface area contributed by atoms with Gasteiger partial charge in [0.05, 0.1) is 0 Å². The van der Waals surface area contributed by atoms with Crippen LogP contribution in [0.2, 0.25) is 0 Å². The van der Waals surface area contributed by atoms with Gasteiger partial charge < -0.3 is 11.1 Å². The number of benzene rings is 1. The van der Waals surface area contributed by atoms with Crippen molar-refractivity contribution < 1.29 is 0 Å². The number of unbranched alkanes of at least 4 members (excludes halogenated alkanes) is 13. The molecule has 0 aliphatic heterocycles. The van der Waals surface area contributed by atoms with Crippen molar-refractivity contribution in [3.05, 3.63) is 35.4 Å². The van der Waals surface area contributed by atoms with Crippen LogP contribution in [0.15, 0.2) is 24.3 Å². The molecule has 0 spiro atoms. The third kappa shape index (κ3) is 12.5. The predicted octanol–water partition coefficient (Wildman–Crippen LogP) is 6.72. The van der Waals surface area contributed by atoms with Crippen molar-refractivity contribution in [2.75, 3.05) is 6.54 Å². The third-order valence-electron chi connectivity index (χ3n) is 5.36. The normalized spacial score (nSPS) is 11.2. The van der Waals surface area contributed by atoms with Gasteiger partial charge in [0.25, 0.3) is 0 Å². The van der Waals surface area contributed by atoms with E-state index in [1.54, 1.807) is 0 Å². The summed E-state index contributed by atoms with van der Waals surface area (Å²) in [6, 6.07) is 8.48. The van der Waals surface area contributed by atoms with Crippen LogP contribution in [0.3, 0.4) is 0 Å². The van der Waals surface area contributed by atoms with Gasteiger partial charge in [0.15, 0.2) is 0 Å². The second kappa shape index (κ2) is 17.5. The van der Waals surface area contributed by atoms with Crippen LogP contribution in [-0.2, 0) is 13.1 Å². The number of nitrogens with two attached hydrogens (primary N) is 1. The molecule has 0 aliphatic carbocycles. The van der Waals surface area contributed by atoms with Gasteiger partial charge in [0, 0.05) is 13.1 Å². The van der Waals surface area contributed by atoms with Gasteiger partial charge in [-0.25, -0.2) is 0 Å². The maximum atomic E-state index is 5.78. The third-order valence-corrected chi connectivity index (χ3v) is 5.36. The summed E-state index contributed by atoms with van der Waals surface area (Å²) in [7, 11) is 0. The zero-order valence-corrected chi connectivity index (χ0v) is 17.4. The number of nitrogens with one attached hydrogen (secondary N) is 1. The second-order valence-electron chi connectivity index (χ2n) is 7.75. The summed E-state index contributed by atoms with van der Waals surface area (Å²) < 4.78 is 0. The molecule has 0 saturated carbocycles. The van der Waals surface area contributed by atoms with E-state index in [2.05, 4.69) is 36.5 Å². The zero-order valence-electron chi connectivity index (χ0n) is 17.4. The minimum Gasteiger partial charge on any atom is -0.326 e. The van der Waals surface area contributed by atoms with Crippen LogP contribution >= 0.6 is 0 Å². The monoisotopic (exact) mass is 360 g/mol. The zero-order chi connectivity index (χ0) is 18.7. The Labute approximate surface area is 163 Å². The molecule has 1 rings (SSSR count). The van der Waals surface area contributed by atoms with Gasteiger partial charge in [0.1, 0.15) is 0 Å². The lowest BCUT2D eigenvalue weighted by atomic mass is 10.0. The van der Waals surface area contributed by atoms with Gasteiger partial charge in [-0.1, -0.05) is 115 Å². The van der Waals surface area contributed by atoms with E-state index in [-0.39, 0.29) is 0 Å². The van der Waals surface area contributed by atoms with Crippen molar-refractivity contribution in [1.82, 2.24) is 5.32 Å². The maximum absolute atomic E-state index is 5.78. The van der Waals surface area contributed by atoms with E-state index in [0.29, 0.717) is 6.54 Å². The van der Waals surface area contributed by atoms with Gasteiger partial charge in [0.2, 0.25) is 0 Å². The van der Waals surface area contributed by atoms with Crippen LogP contribution in [0, 0.1) is 0 Å². The summed E-state index contributed by atoms with van der Waals surface area (Å²) in [5.41, 5.74) is 8.40. The standard InChI is InChI=1S/C24H44N2/c1-2-3-4-5-6-7-8-9-10-11-12-13-14-17-20-26-22-24-19-16-15-18-23(24)21-25/h15-16,18-19,26H,2-14,17,20-22,25H2,1H3. The van der Waals surface area contributed by atoms with E-state index in [1.807, 2.05) is 0 Å². The molecule has 0 unspecified atom stereocenters. The van der Waals surface area contributed by atoms with E-state index in [4.69, 9.17) is 5.73 Å². The Morgan fingerprint density at radius 2 is 1.12 bits per heavy atom. The van der Waals surface area contributed by atoms with E-state index in [0.717, 1.165) is 13.1 Å². The molecular weight excluding hydrogens is 316 g/mol. The van der Waals surface area contributed by atoms with E-state index < -0.39 is 0 Å². The van der Waals surface area contributed by atoms with Crippen LogP contribution in [0.4, 0.5) is 0 Å². The maximum Gasteiger partial charge on any atom is 0.0208 e. The van der Waals surface area contributed by atoms with Crippen molar-refractivity contribution in [2.45, 2.75) is 110 Å². The first kappa shape index (κ1) is 23.2. The van der Waals surface area contributed by atoms with Crippen molar-refractivity contribution in [2.24, 2.45) is 5.73 Å². The largest absolute Gasteiger partial charge is 0.326 e. The van der Waals surface area contributed by atoms with Crippen LogP contribution in [0.25, 0.3) is 0 Å². The van der Waals surface area contributed by atoms with Gasteiger partial charge >= 0.3 is 0 Å². The first-order valence-corrected chi connectivity index (χ1v) is 11.4. The fourth-order valence-corrected chi connectivity index (χ4v) is 3.60. The van der Waals surface area contributed by atoms with Crippen LogP contribution in [0.1, 0.15) is 108 Å². The molecule has 0 bridgehead atoms.